The van der Waals surface area contributed by atoms with E-state index in [0.29, 0.717) is 19.4 Å². The van der Waals surface area contributed by atoms with Gasteiger partial charge in [0, 0.05) is 6.54 Å². The summed E-state index contributed by atoms with van der Waals surface area (Å²) in [7, 11) is 0. The molecule has 0 aromatic carbocycles. The van der Waals surface area contributed by atoms with Gasteiger partial charge in [0.1, 0.15) is 0 Å². The topological polar surface area (TPSA) is 79.5 Å². The highest BCUT2D eigenvalue weighted by Gasteiger charge is 2.12. The largest absolute Gasteiger partial charge is 0.481 e. The van der Waals surface area contributed by atoms with Crippen molar-refractivity contribution in [2.45, 2.75) is 19.8 Å². The Bertz CT molecular complexity index is 402. The van der Waals surface area contributed by atoms with Crippen LogP contribution >= 0.6 is 11.6 Å². The zero-order valence-electron chi connectivity index (χ0n) is 9.40. The van der Waals surface area contributed by atoms with E-state index >= 15 is 0 Å². The standard InChI is InChI=1S/C11H14ClNO4/c1-7(11(15)16)3-2-6-13-10(14)8-4-5-9(12)17-8/h4-5,7H,2-3,6H2,1H3,(H,13,14)(H,15,16). The summed E-state index contributed by atoms with van der Waals surface area (Å²) in [5, 5.41) is 11.4. The smallest absolute Gasteiger partial charge is 0.306 e. The summed E-state index contributed by atoms with van der Waals surface area (Å²) in [4.78, 5) is 22.0. The Kier molecular flexibility index (Phi) is 5.03. The minimum Gasteiger partial charge on any atom is -0.481 e. The molecule has 1 aromatic heterocycles. The first-order valence-electron chi connectivity index (χ1n) is 5.27. The number of carboxylic acid groups (broad SMARTS) is 1. The van der Waals surface area contributed by atoms with Crippen molar-refractivity contribution in [2.75, 3.05) is 6.54 Å². The van der Waals surface area contributed by atoms with Crippen LogP contribution in [-0.2, 0) is 4.79 Å². The lowest BCUT2D eigenvalue weighted by Crippen LogP contribution is -2.24. The van der Waals surface area contributed by atoms with Gasteiger partial charge >= 0.3 is 5.97 Å². The number of carboxylic acids is 1. The third kappa shape index (κ3) is 4.48. The Hall–Kier alpha value is -1.49. The normalized spacial score (nSPS) is 12.1. The van der Waals surface area contributed by atoms with Crippen LogP contribution < -0.4 is 5.32 Å². The Labute approximate surface area is 104 Å². The molecule has 0 saturated heterocycles. The Morgan fingerprint density at radius 1 is 1.53 bits per heavy atom. The van der Waals surface area contributed by atoms with Crippen molar-refractivity contribution >= 4 is 23.5 Å². The molecule has 6 heteroatoms. The summed E-state index contributed by atoms with van der Waals surface area (Å²) in [6, 6.07) is 2.97. The van der Waals surface area contributed by atoms with E-state index in [0.717, 1.165) is 0 Å². The van der Waals surface area contributed by atoms with Crippen LogP contribution in [0.25, 0.3) is 0 Å². The first kappa shape index (κ1) is 13.6. The van der Waals surface area contributed by atoms with Gasteiger partial charge in [0.05, 0.1) is 5.92 Å². The van der Waals surface area contributed by atoms with Crippen molar-refractivity contribution in [3.8, 4) is 0 Å². The molecule has 0 bridgehead atoms. The van der Waals surface area contributed by atoms with E-state index in [1.807, 2.05) is 0 Å². The molecule has 94 valence electrons. The van der Waals surface area contributed by atoms with Gasteiger partial charge in [-0.15, -0.1) is 0 Å². The fraction of sp³-hybridized carbons (Fsp3) is 0.455. The molecule has 0 spiro atoms. The summed E-state index contributed by atoms with van der Waals surface area (Å²) in [5.41, 5.74) is 0. The molecule has 1 rings (SSSR count). The van der Waals surface area contributed by atoms with Gasteiger partial charge in [0.25, 0.3) is 5.91 Å². The van der Waals surface area contributed by atoms with Gasteiger partial charge in [0.2, 0.25) is 0 Å². The summed E-state index contributed by atoms with van der Waals surface area (Å²) < 4.78 is 4.92. The number of amides is 1. The lowest BCUT2D eigenvalue weighted by atomic mass is 10.1. The second kappa shape index (κ2) is 6.30. The maximum atomic E-state index is 11.5. The molecule has 1 amide bonds. The van der Waals surface area contributed by atoms with Crippen molar-refractivity contribution in [1.29, 1.82) is 0 Å². The van der Waals surface area contributed by atoms with Gasteiger partial charge in [-0.25, -0.2) is 0 Å². The van der Waals surface area contributed by atoms with Crippen LogP contribution in [0.15, 0.2) is 16.5 Å². The van der Waals surface area contributed by atoms with Gasteiger partial charge in [-0.2, -0.15) is 0 Å². The number of halogens is 1. The number of hydrogen-bond acceptors (Lipinski definition) is 3. The van der Waals surface area contributed by atoms with Gasteiger partial charge < -0.3 is 14.8 Å². The quantitative estimate of drug-likeness (QED) is 0.768. The molecule has 1 heterocycles. The van der Waals surface area contributed by atoms with E-state index in [-0.39, 0.29) is 16.9 Å². The lowest BCUT2D eigenvalue weighted by Gasteiger charge is -2.06. The fourth-order valence-corrected chi connectivity index (χ4v) is 1.40. The van der Waals surface area contributed by atoms with Crippen LogP contribution in [0.2, 0.25) is 5.22 Å². The molecule has 1 atom stereocenters. The van der Waals surface area contributed by atoms with Gasteiger partial charge in [0.15, 0.2) is 11.0 Å². The third-order valence-corrected chi connectivity index (χ3v) is 2.52. The van der Waals surface area contributed by atoms with E-state index in [1.54, 1.807) is 6.92 Å². The summed E-state index contributed by atoms with van der Waals surface area (Å²) >= 11 is 5.53. The molecule has 2 N–H and O–H groups in total. The molecule has 17 heavy (non-hydrogen) atoms. The Morgan fingerprint density at radius 3 is 2.76 bits per heavy atom. The molecule has 1 unspecified atom stereocenters. The average molecular weight is 260 g/mol. The highest BCUT2D eigenvalue weighted by atomic mass is 35.5. The molecule has 1 aromatic rings. The van der Waals surface area contributed by atoms with Gasteiger partial charge in [-0.1, -0.05) is 6.92 Å². The lowest BCUT2D eigenvalue weighted by molar-refractivity contribution is -0.141. The molecule has 0 aliphatic heterocycles. The summed E-state index contributed by atoms with van der Waals surface area (Å²) in [5.74, 6) is -1.42. The van der Waals surface area contributed by atoms with Crippen LogP contribution in [0.3, 0.4) is 0 Å². The number of rotatable bonds is 6. The van der Waals surface area contributed by atoms with Crippen molar-refractivity contribution in [3.63, 3.8) is 0 Å². The zero-order valence-corrected chi connectivity index (χ0v) is 10.2. The van der Waals surface area contributed by atoms with Crippen molar-refractivity contribution < 1.29 is 19.1 Å². The Morgan fingerprint density at radius 2 is 2.24 bits per heavy atom. The van der Waals surface area contributed by atoms with Crippen molar-refractivity contribution in [1.82, 2.24) is 5.32 Å². The first-order valence-corrected chi connectivity index (χ1v) is 5.65. The molecule has 0 aliphatic rings. The van der Waals surface area contributed by atoms with Crippen LogP contribution in [0, 0.1) is 5.92 Å². The molecule has 0 radical (unpaired) electrons. The summed E-state index contributed by atoms with van der Waals surface area (Å²) in [6.45, 7) is 2.05. The molecule has 0 fully saturated rings. The zero-order chi connectivity index (χ0) is 12.8. The van der Waals surface area contributed by atoms with E-state index in [9.17, 15) is 9.59 Å². The van der Waals surface area contributed by atoms with Crippen LogP contribution in [0.5, 0.6) is 0 Å². The average Bonchev–Trinajstić information content (AvgIpc) is 2.70. The molecular formula is C11H14ClNO4. The minimum absolute atomic E-state index is 0.154. The first-order chi connectivity index (χ1) is 8.00. The SMILES string of the molecule is CC(CCCNC(=O)c1ccc(Cl)o1)C(=O)O. The van der Waals surface area contributed by atoms with Crippen molar-refractivity contribution in [3.05, 3.63) is 23.1 Å². The number of carbonyl (C=O) groups is 2. The predicted octanol–water partition coefficient (Wildman–Crippen LogP) is 2.16. The van der Waals surface area contributed by atoms with Gasteiger partial charge in [-0.05, 0) is 36.6 Å². The monoisotopic (exact) mass is 259 g/mol. The maximum Gasteiger partial charge on any atom is 0.306 e. The number of nitrogens with one attached hydrogen (secondary N) is 1. The Balaban J connectivity index is 2.23. The molecule has 5 nitrogen and oxygen atoms in total. The number of furan rings is 1. The van der Waals surface area contributed by atoms with Crippen LogP contribution in [0.1, 0.15) is 30.3 Å². The molecule has 0 aliphatic carbocycles. The molecular weight excluding hydrogens is 246 g/mol. The van der Waals surface area contributed by atoms with E-state index in [2.05, 4.69) is 5.32 Å². The maximum absolute atomic E-state index is 11.5. The van der Waals surface area contributed by atoms with Crippen LogP contribution in [0.4, 0.5) is 0 Å². The van der Waals surface area contributed by atoms with Crippen LogP contribution in [-0.4, -0.2) is 23.5 Å². The second-order valence-electron chi connectivity index (χ2n) is 3.74. The fourth-order valence-electron chi connectivity index (χ4n) is 1.26. The van der Waals surface area contributed by atoms with Crippen molar-refractivity contribution in [2.24, 2.45) is 5.92 Å². The van der Waals surface area contributed by atoms with E-state index in [4.69, 9.17) is 21.1 Å². The predicted molar refractivity (Wildman–Crippen MR) is 62.1 cm³/mol. The van der Waals surface area contributed by atoms with Gasteiger partial charge in [-0.3, -0.25) is 9.59 Å². The summed E-state index contributed by atoms with van der Waals surface area (Å²) in [6.07, 6.45) is 1.13. The highest BCUT2D eigenvalue weighted by molar-refractivity contribution is 6.29. The van der Waals surface area contributed by atoms with E-state index in [1.165, 1.54) is 12.1 Å². The van der Waals surface area contributed by atoms with E-state index < -0.39 is 11.9 Å². The number of carbonyl (C=O) groups excluding carboxylic acids is 1. The third-order valence-electron chi connectivity index (χ3n) is 2.32. The molecule has 0 saturated carbocycles. The second-order valence-corrected chi connectivity index (χ2v) is 4.11. The highest BCUT2D eigenvalue weighted by Crippen LogP contribution is 2.12. The number of aliphatic carboxylic acids is 1. The minimum atomic E-state index is -0.825. The number of hydrogen-bond donors (Lipinski definition) is 2.